The fourth-order valence-corrected chi connectivity index (χ4v) is 1.50. The lowest BCUT2D eigenvalue weighted by atomic mass is 9.90. The van der Waals surface area contributed by atoms with Gasteiger partial charge in [-0.15, -0.1) is 0 Å². The first-order valence-corrected chi connectivity index (χ1v) is 5.31. The third-order valence-electron chi connectivity index (χ3n) is 2.14. The Hall–Kier alpha value is -1.98. The summed E-state index contributed by atoms with van der Waals surface area (Å²) in [6, 6.07) is 1.87. The van der Waals surface area contributed by atoms with Crippen LogP contribution < -0.4 is 16.4 Å². The smallest absolute Gasteiger partial charge is 0.195 e. The molecule has 94 valence electrons. The van der Waals surface area contributed by atoms with Crippen LogP contribution in [0.15, 0.2) is 16.7 Å². The van der Waals surface area contributed by atoms with Gasteiger partial charge in [-0.3, -0.25) is 16.1 Å². The highest BCUT2D eigenvalue weighted by molar-refractivity contribution is 5.94. The van der Waals surface area contributed by atoms with Gasteiger partial charge >= 0.3 is 0 Å². The van der Waals surface area contributed by atoms with Crippen LogP contribution in [-0.2, 0) is 12.0 Å². The normalized spacial score (nSPS) is 11.0. The van der Waals surface area contributed by atoms with Crippen molar-refractivity contribution < 1.29 is 4.42 Å². The molecule has 0 radical (unpaired) electrons. The second-order valence-corrected chi connectivity index (χ2v) is 4.79. The molecule has 0 saturated carbocycles. The highest BCUT2D eigenvalue weighted by Gasteiger charge is 2.21. The Kier molecular flexibility index (Phi) is 3.77. The summed E-state index contributed by atoms with van der Waals surface area (Å²) in [5.74, 6) is 0.630. The first kappa shape index (κ1) is 13.1. The van der Waals surface area contributed by atoms with E-state index in [4.69, 9.17) is 21.0 Å². The summed E-state index contributed by atoms with van der Waals surface area (Å²) < 4.78 is 5.44. The van der Waals surface area contributed by atoms with Gasteiger partial charge in [0.15, 0.2) is 11.9 Å². The summed E-state index contributed by atoms with van der Waals surface area (Å²) in [5, 5.41) is 19.6. The molecule has 0 aliphatic carbocycles. The van der Waals surface area contributed by atoms with E-state index in [9.17, 15) is 0 Å². The van der Waals surface area contributed by atoms with Crippen molar-refractivity contribution in [3.8, 4) is 0 Å². The third-order valence-corrected chi connectivity index (χ3v) is 2.14. The monoisotopic (exact) mass is 237 g/mol. The van der Waals surface area contributed by atoms with Gasteiger partial charge in [-0.05, 0) is 6.07 Å². The fraction of sp³-hybridized carbons (Fsp3) is 0.455. The van der Waals surface area contributed by atoms with E-state index in [1.165, 1.54) is 0 Å². The van der Waals surface area contributed by atoms with Crippen molar-refractivity contribution in [2.75, 3.05) is 0 Å². The SMILES string of the molecule is CC(C)(C)c1occc1CNC(=N)NC(=N)N. The quantitative estimate of drug-likeness (QED) is 0.391. The van der Waals surface area contributed by atoms with Crippen LogP contribution in [0.25, 0.3) is 0 Å². The number of guanidine groups is 2. The van der Waals surface area contributed by atoms with Gasteiger partial charge in [0.25, 0.3) is 0 Å². The van der Waals surface area contributed by atoms with E-state index >= 15 is 0 Å². The first-order chi connectivity index (χ1) is 7.80. The Morgan fingerprint density at radius 3 is 2.59 bits per heavy atom. The Balaban J connectivity index is 2.61. The number of rotatable bonds is 2. The molecule has 6 N–H and O–H groups in total. The molecule has 0 saturated heterocycles. The lowest BCUT2D eigenvalue weighted by Crippen LogP contribution is -2.43. The highest BCUT2D eigenvalue weighted by atomic mass is 16.3. The van der Waals surface area contributed by atoms with E-state index in [0.717, 1.165) is 11.3 Å². The average Bonchev–Trinajstić information content (AvgIpc) is 2.60. The molecular formula is C11H19N5O. The zero-order chi connectivity index (χ0) is 13.1. The molecule has 1 aromatic rings. The average molecular weight is 237 g/mol. The predicted molar refractivity (Wildman–Crippen MR) is 67.0 cm³/mol. The summed E-state index contributed by atoms with van der Waals surface area (Å²) in [7, 11) is 0. The van der Waals surface area contributed by atoms with Gasteiger partial charge in [0.2, 0.25) is 0 Å². The van der Waals surface area contributed by atoms with Crippen LogP contribution in [-0.4, -0.2) is 11.9 Å². The molecule has 0 bridgehead atoms. The minimum atomic E-state index is -0.259. The Morgan fingerprint density at radius 2 is 2.06 bits per heavy atom. The predicted octanol–water partition coefficient (Wildman–Crippen LogP) is 1.08. The van der Waals surface area contributed by atoms with Crippen molar-refractivity contribution in [2.45, 2.75) is 32.7 Å². The number of nitrogens with one attached hydrogen (secondary N) is 4. The fourth-order valence-electron chi connectivity index (χ4n) is 1.50. The first-order valence-electron chi connectivity index (χ1n) is 5.31. The summed E-state index contributed by atoms with van der Waals surface area (Å²) >= 11 is 0. The molecule has 1 heterocycles. The maximum Gasteiger partial charge on any atom is 0.195 e. The molecule has 0 aromatic carbocycles. The molecule has 6 heteroatoms. The van der Waals surface area contributed by atoms with Gasteiger partial charge in [0.05, 0.1) is 6.26 Å². The molecule has 6 nitrogen and oxygen atoms in total. The Morgan fingerprint density at radius 1 is 1.41 bits per heavy atom. The summed E-state index contributed by atoms with van der Waals surface area (Å²) in [4.78, 5) is 0. The summed E-state index contributed by atoms with van der Waals surface area (Å²) in [5.41, 5.74) is 6.03. The van der Waals surface area contributed by atoms with Gasteiger partial charge in [-0.25, -0.2) is 0 Å². The van der Waals surface area contributed by atoms with E-state index in [0.29, 0.717) is 6.54 Å². The largest absolute Gasteiger partial charge is 0.468 e. The van der Waals surface area contributed by atoms with E-state index in [1.54, 1.807) is 6.26 Å². The van der Waals surface area contributed by atoms with Crippen LogP contribution in [0.4, 0.5) is 0 Å². The highest BCUT2D eigenvalue weighted by Crippen LogP contribution is 2.26. The van der Waals surface area contributed by atoms with Crippen LogP contribution in [0.3, 0.4) is 0 Å². The number of nitrogens with two attached hydrogens (primary N) is 1. The number of hydrogen-bond acceptors (Lipinski definition) is 3. The van der Waals surface area contributed by atoms with Gasteiger partial charge in [0, 0.05) is 17.5 Å². The van der Waals surface area contributed by atoms with Crippen molar-refractivity contribution in [3.63, 3.8) is 0 Å². The summed E-state index contributed by atoms with van der Waals surface area (Å²) in [6.07, 6.45) is 1.64. The van der Waals surface area contributed by atoms with E-state index < -0.39 is 0 Å². The van der Waals surface area contributed by atoms with E-state index in [-0.39, 0.29) is 17.3 Å². The van der Waals surface area contributed by atoms with Gasteiger partial charge in [-0.2, -0.15) is 0 Å². The maximum atomic E-state index is 7.47. The second kappa shape index (κ2) is 4.90. The molecule has 17 heavy (non-hydrogen) atoms. The van der Waals surface area contributed by atoms with Crippen molar-refractivity contribution in [3.05, 3.63) is 23.7 Å². The zero-order valence-electron chi connectivity index (χ0n) is 10.3. The van der Waals surface area contributed by atoms with E-state index in [1.807, 2.05) is 6.07 Å². The molecule has 0 fully saturated rings. The molecular weight excluding hydrogens is 218 g/mol. The lowest BCUT2D eigenvalue weighted by molar-refractivity contribution is 0.404. The van der Waals surface area contributed by atoms with Gasteiger partial charge in [-0.1, -0.05) is 20.8 Å². The molecule has 1 aromatic heterocycles. The Bertz CT molecular complexity index is 416. The Labute approximate surface area is 101 Å². The minimum absolute atomic E-state index is 0.00133. The topological polar surface area (TPSA) is 111 Å². The van der Waals surface area contributed by atoms with Crippen LogP contribution in [0.1, 0.15) is 32.1 Å². The second-order valence-electron chi connectivity index (χ2n) is 4.79. The van der Waals surface area contributed by atoms with Crippen LogP contribution in [0.2, 0.25) is 0 Å². The molecule has 0 aliphatic rings. The summed E-state index contributed by atoms with van der Waals surface area (Å²) in [6.45, 7) is 6.65. The maximum absolute atomic E-state index is 7.47. The van der Waals surface area contributed by atoms with Gasteiger partial charge in [0.1, 0.15) is 5.76 Å². The van der Waals surface area contributed by atoms with Crippen molar-refractivity contribution >= 4 is 11.9 Å². The minimum Gasteiger partial charge on any atom is -0.468 e. The molecule has 0 amide bonds. The zero-order valence-corrected chi connectivity index (χ0v) is 10.3. The standard InChI is InChI=1S/C11H19N5O/c1-11(2,3)8-7(4-5-17-8)6-15-10(14)16-9(12)13/h4-5H,6H2,1-3H3,(H6,12,13,14,15,16). The van der Waals surface area contributed by atoms with E-state index in [2.05, 4.69) is 31.4 Å². The number of hydrogen-bond donors (Lipinski definition) is 5. The van der Waals surface area contributed by atoms with Crippen molar-refractivity contribution in [2.24, 2.45) is 5.73 Å². The van der Waals surface area contributed by atoms with Gasteiger partial charge < -0.3 is 15.5 Å². The molecule has 0 atom stereocenters. The van der Waals surface area contributed by atoms with Crippen LogP contribution >= 0.6 is 0 Å². The molecule has 0 spiro atoms. The van der Waals surface area contributed by atoms with Crippen molar-refractivity contribution in [1.82, 2.24) is 10.6 Å². The number of furan rings is 1. The molecule has 1 rings (SSSR count). The van der Waals surface area contributed by atoms with Crippen LogP contribution in [0.5, 0.6) is 0 Å². The molecule has 0 aliphatic heterocycles. The van der Waals surface area contributed by atoms with Crippen LogP contribution in [0, 0.1) is 10.8 Å². The lowest BCUT2D eigenvalue weighted by Gasteiger charge is -2.18. The van der Waals surface area contributed by atoms with Crippen molar-refractivity contribution in [1.29, 1.82) is 10.8 Å². The molecule has 0 unspecified atom stereocenters. The third kappa shape index (κ3) is 3.82.